The fourth-order valence-electron chi connectivity index (χ4n) is 5.35. The van der Waals surface area contributed by atoms with E-state index in [9.17, 15) is 28.3 Å². The minimum Gasteiger partial charge on any atom is -0.444 e. The first-order valence-corrected chi connectivity index (χ1v) is 17.7. The van der Waals surface area contributed by atoms with Crippen LogP contribution in [0, 0.1) is 11.6 Å². The Hall–Kier alpha value is -3.96. The van der Waals surface area contributed by atoms with E-state index in [-0.39, 0.29) is 36.5 Å². The molecule has 0 aromatic heterocycles. The summed E-state index contributed by atoms with van der Waals surface area (Å²) in [5, 5.41) is 14.5. The maximum Gasteiger partial charge on any atom is 0.410 e. The van der Waals surface area contributed by atoms with Crippen molar-refractivity contribution in [1.82, 2.24) is 15.1 Å². The highest BCUT2D eigenvalue weighted by Gasteiger charge is 2.30. The smallest absolute Gasteiger partial charge is 0.410 e. The Morgan fingerprint density at radius 2 is 1.49 bits per heavy atom. The van der Waals surface area contributed by atoms with E-state index in [1.54, 1.807) is 55.6 Å². The molecule has 0 aliphatic carbocycles. The van der Waals surface area contributed by atoms with E-state index in [0.29, 0.717) is 18.7 Å². The van der Waals surface area contributed by atoms with Crippen molar-refractivity contribution >= 4 is 29.7 Å². The number of nitrogens with one attached hydrogen (secondary N) is 1. The van der Waals surface area contributed by atoms with E-state index < -0.39 is 41.4 Å². The zero-order chi connectivity index (χ0) is 36.1. The zero-order valence-electron chi connectivity index (χ0n) is 29.3. The first-order chi connectivity index (χ1) is 23.2. The molecule has 0 unspecified atom stereocenters. The number of thioether (sulfide) groups is 1. The second-order valence-electron chi connectivity index (χ2n) is 12.9. The lowest BCUT2D eigenvalue weighted by Gasteiger charge is -2.32. The first-order valence-electron chi connectivity index (χ1n) is 16.8. The lowest BCUT2D eigenvalue weighted by atomic mass is 9.99. The Labute approximate surface area is 293 Å². The molecule has 0 heterocycles. The van der Waals surface area contributed by atoms with Crippen LogP contribution in [-0.4, -0.2) is 75.9 Å². The minimum absolute atomic E-state index is 0.107. The van der Waals surface area contributed by atoms with Gasteiger partial charge < -0.3 is 25.0 Å². The van der Waals surface area contributed by atoms with E-state index in [1.807, 2.05) is 45.0 Å². The maximum atomic E-state index is 14.2. The van der Waals surface area contributed by atoms with Crippen molar-refractivity contribution in [3.63, 3.8) is 0 Å². The molecule has 3 rings (SSSR count). The predicted molar refractivity (Wildman–Crippen MR) is 190 cm³/mol. The lowest BCUT2D eigenvalue weighted by Crippen LogP contribution is -2.51. The van der Waals surface area contributed by atoms with Gasteiger partial charge in [-0.25, -0.2) is 13.6 Å². The van der Waals surface area contributed by atoms with Crippen LogP contribution in [0.15, 0.2) is 71.6 Å². The number of hydrogen-bond donors (Lipinski definition) is 2. The van der Waals surface area contributed by atoms with Gasteiger partial charge in [0, 0.05) is 41.7 Å². The van der Waals surface area contributed by atoms with Crippen molar-refractivity contribution in [2.24, 2.45) is 0 Å². The van der Waals surface area contributed by atoms with Gasteiger partial charge in [0.2, 0.25) is 0 Å². The second kappa shape index (κ2) is 18.7. The van der Waals surface area contributed by atoms with E-state index in [0.717, 1.165) is 47.3 Å². The van der Waals surface area contributed by atoms with Crippen LogP contribution >= 0.6 is 11.8 Å². The van der Waals surface area contributed by atoms with Gasteiger partial charge >= 0.3 is 6.09 Å². The summed E-state index contributed by atoms with van der Waals surface area (Å²) >= 11 is 1.65. The molecule has 49 heavy (non-hydrogen) atoms. The Bertz CT molecular complexity index is 1540. The fourth-order valence-corrected chi connectivity index (χ4v) is 6.10. The molecule has 2 N–H and O–H groups in total. The molecule has 3 aromatic rings. The molecule has 11 heteroatoms. The van der Waals surface area contributed by atoms with Crippen LogP contribution in [0.4, 0.5) is 13.6 Å². The van der Waals surface area contributed by atoms with Crippen molar-refractivity contribution in [1.29, 1.82) is 0 Å². The zero-order valence-corrected chi connectivity index (χ0v) is 30.1. The number of ether oxygens (including phenoxy) is 1. The SMILES string of the molecule is CCCN(CCC)C(=O)c1cccc(C(=O)N[C@@H](Cc2cc(F)cc(F)c2)[C@H](O)CN(Cc2cccc(SCC)c2)C(=O)OC(C)(C)C)c1. The third-order valence-electron chi connectivity index (χ3n) is 7.45. The van der Waals surface area contributed by atoms with Gasteiger partial charge in [-0.3, -0.25) is 9.59 Å². The molecule has 3 aromatic carbocycles. The topological polar surface area (TPSA) is 99.2 Å². The van der Waals surface area contributed by atoms with Gasteiger partial charge in [0.25, 0.3) is 11.8 Å². The average Bonchev–Trinajstić information content (AvgIpc) is 3.02. The summed E-state index contributed by atoms with van der Waals surface area (Å²) in [5.41, 5.74) is 0.716. The number of benzene rings is 3. The molecule has 8 nitrogen and oxygen atoms in total. The summed E-state index contributed by atoms with van der Waals surface area (Å²) in [7, 11) is 0. The summed E-state index contributed by atoms with van der Waals surface area (Å²) in [4.78, 5) is 44.5. The van der Waals surface area contributed by atoms with Crippen molar-refractivity contribution in [3.05, 3.63) is 101 Å². The summed E-state index contributed by atoms with van der Waals surface area (Å²) in [6.07, 6.45) is -0.626. The standard InChI is InChI=1S/C38H49F2N3O5S/c1-7-16-42(17-8-2)36(46)29-14-11-13-28(22-29)35(45)41-33(21-27-18-30(39)23-31(40)19-27)34(44)25-43(37(47)48-38(4,5)6)24-26-12-10-15-32(20-26)49-9-3/h10-15,18-20,22-23,33-34,44H,7-9,16-17,21,24-25H2,1-6H3,(H,41,45)/t33-,34+/m0/s1. The number of amides is 3. The highest BCUT2D eigenvalue weighted by molar-refractivity contribution is 7.99. The van der Waals surface area contributed by atoms with Crippen LogP contribution in [0.5, 0.6) is 0 Å². The molecule has 0 bridgehead atoms. The monoisotopic (exact) mass is 697 g/mol. The number of carbonyl (C=O) groups is 3. The quantitative estimate of drug-likeness (QED) is 0.151. The first kappa shape index (κ1) is 39.5. The number of carbonyl (C=O) groups excluding carboxylic acids is 3. The number of aliphatic hydroxyl groups excluding tert-OH is 1. The summed E-state index contributed by atoms with van der Waals surface area (Å²) in [5.74, 6) is -1.53. The Kier molecular flexibility index (Phi) is 15.1. The third-order valence-corrected chi connectivity index (χ3v) is 8.32. The molecule has 266 valence electrons. The van der Waals surface area contributed by atoms with Crippen LogP contribution in [0.3, 0.4) is 0 Å². The molecule has 0 saturated heterocycles. The van der Waals surface area contributed by atoms with Crippen LogP contribution in [0.25, 0.3) is 0 Å². The fraction of sp³-hybridized carbons (Fsp3) is 0.447. The second-order valence-corrected chi connectivity index (χ2v) is 14.3. The van der Waals surface area contributed by atoms with E-state index >= 15 is 0 Å². The number of nitrogens with zero attached hydrogens (tertiary/aromatic N) is 2. The number of rotatable bonds is 16. The Balaban J connectivity index is 1.94. The molecule has 0 spiro atoms. The number of hydrogen-bond acceptors (Lipinski definition) is 6. The summed E-state index contributed by atoms with van der Waals surface area (Å²) in [6.45, 7) is 12.2. The van der Waals surface area contributed by atoms with Gasteiger partial charge in [0.1, 0.15) is 17.2 Å². The largest absolute Gasteiger partial charge is 0.444 e. The van der Waals surface area contributed by atoms with E-state index in [2.05, 4.69) is 5.32 Å². The van der Waals surface area contributed by atoms with Crippen molar-refractivity contribution < 1.29 is 33.0 Å². The van der Waals surface area contributed by atoms with Gasteiger partial charge in [0.05, 0.1) is 18.7 Å². The summed E-state index contributed by atoms with van der Waals surface area (Å²) in [6, 6.07) is 15.9. The van der Waals surface area contributed by atoms with Gasteiger partial charge in [-0.15, -0.1) is 11.8 Å². The van der Waals surface area contributed by atoms with Crippen LogP contribution in [0.2, 0.25) is 0 Å². The predicted octanol–water partition coefficient (Wildman–Crippen LogP) is 7.48. The van der Waals surface area contributed by atoms with Crippen molar-refractivity contribution in [3.8, 4) is 0 Å². The number of halogens is 2. The number of aliphatic hydroxyl groups is 1. The van der Waals surface area contributed by atoms with Gasteiger partial charge in [-0.1, -0.05) is 39.0 Å². The minimum atomic E-state index is -1.38. The molecule has 0 aliphatic rings. The Morgan fingerprint density at radius 3 is 2.10 bits per heavy atom. The Morgan fingerprint density at radius 1 is 0.857 bits per heavy atom. The third kappa shape index (κ3) is 12.8. The highest BCUT2D eigenvalue weighted by Crippen LogP contribution is 2.22. The van der Waals surface area contributed by atoms with E-state index in [4.69, 9.17) is 4.74 Å². The molecule has 0 radical (unpaired) electrons. The van der Waals surface area contributed by atoms with Gasteiger partial charge in [0.15, 0.2) is 0 Å². The highest BCUT2D eigenvalue weighted by atomic mass is 32.2. The molecular weight excluding hydrogens is 648 g/mol. The van der Waals surface area contributed by atoms with Crippen LogP contribution < -0.4 is 5.32 Å². The van der Waals surface area contributed by atoms with Crippen LogP contribution in [-0.2, 0) is 17.7 Å². The van der Waals surface area contributed by atoms with Crippen LogP contribution in [0.1, 0.15) is 86.2 Å². The van der Waals surface area contributed by atoms with Gasteiger partial charge in [-0.05, 0) is 99.4 Å². The van der Waals surface area contributed by atoms with Crippen molar-refractivity contribution in [2.45, 2.75) is 90.0 Å². The van der Waals surface area contributed by atoms with Gasteiger partial charge in [-0.2, -0.15) is 0 Å². The van der Waals surface area contributed by atoms with E-state index in [1.165, 1.54) is 11.0 Å². The lowest BCUT2D eigenvalue weighted by molar-refractivity contribution is 0.00837. The maximum absolute atomic E-state index is 14.2. The normalized spacial score (nSPS) is 12.6. The molecular formula is C38H49F2N3O5S. The summed E-state index contributed by atoms with van der Waals surface area (Å²) < 4.78 is 34.1. The average molecular weight is 698 g/mol. The van der Waals surface area contributed by atoms with Crippen molar-refractivity contribution in [2.75, 3.05) is 25.4 Å². The molecule has 0 fully saturated rings. The molecule has 0 saturated carbocycles. The molecule has 3 amide bonds. The molecule has 2 atom stereocenters. The molecule has 0 aliphatic heterocycles.